The smallest absolute Gasteiger partial charge is 0.327 e. The van der Waals surface area contributed by atoms with Crippen LogP contribution in [0.4, 0.5) is 0 Å². The van der Waals surface area contributed by atoms with Gasteiger partial charge in [-0.2, -0.15) is 0 Å². The zero-order valence-corrected chi connectivity index (χ0v) is 43.6. The summed E-state index contributed by atoms with van der Waals surface area (Å²) in [7, 11) is -20.0. The Labute approximate surface area is 391 Å². The summed E-state index contributed by atoms with van der Waals surface area (Å²) in [6.45, 7) is 3.91. The molecule has 0 saturated heterocycles. The van der Waals surface area contributed by atoms with E-state index in [2.05, 4.69) is 23.7 Å². The van der Waals surface area contributed by atoms with E-state index < -0.39 is 141 Å². The van der Waals surface area contributed by atoms with Crippen molar-refractivity contribution in [1.82, 2.24) is 0 Å². The van der Waals surface area contributed by atoms with E-state index >= 15 is 0 Å². The molecule has 0 aromatic heterocycles. The van der Waals surface area contributed by atoms with Gasteiger partial charge in [-0.25, -0.2) is 50.5 Å². The molecule has 0 fully saturated rings. The summed E-state index contributed by atoms with van der Waals surface area (Å²) in [5, 5.41) is -3.70. The van der Waals surface area contributed by atoms with E-state index in [4.69, 9.17) is 10.5 Å². The molecule has 0 spiro atoms. The van der Waals surface area contributed by atoms with Gasteiger partial charge in [0, 0.05) is 72.2 Å². The van der Waals surface area contributed by atoms with E-state index in [1.807, 2.05) is 0 Å². The van der Waals surface area contributed by atoms with Gasteiger partial charge in [0.2, 0.25) is 5.91 Å². The molecule has 0 bridgehead atoms. The van der Waals surface area contributed by atoms with Crippen LogP contribution in [0, 0.1) is 0 Å². The second-order valence-corrected chi connectivity index (χ2v) is 27.3. The number of hydrogen-bond acceptors (Lipinski definition) is 25. The van der Waals surface area contributed by atoms with Crippen LogP contribution in [0.1, 0.15) is 45.4 Å². The van der Waals surface area contributed by atoms with Crippen molar-refractivity contribution in [2.45, 2.75) is 55.0 Å². The van der Waals surface area contributed by atoms with E-state index in [1.54, 1.807) is 30.3 Å². The molecule has 0 heterocycles. The predicted octanol–water partition coefficient (Wildman–Crippen LogP) is -2.52. The Balaban J connectivity index is -0.000000373. The van der Waals surface area contributed by atoms with Crippen LogP contribution in [0.5, 0.6) is 0 Å². The number of methoxy groups -OCH3 is 1. The standard InChI is InChI=1S/C11H14O4S.C7H12O6S.C6H11NO5S.C6H12O6S2.C5H10O4S/c1-9(12)15-8-11(16(2,13)14)10-6-4-3-5-7-10;1-5(8)13-4-6(7(9)12-2)14(3,10)11;1-4(8)12-3-5(6(7)9)13(2,10)11;1-5(7)12-4-6(13(2,8)9)14(3,10)11;1-5(6)9-3-4-10(2,7)8/h3-7,11H,8H2,1-2H3;6H,4H2,1-3H3;5H,3H2,1-2H3,(H2,7,9);6H,4H2,1-3H3;3-4H2,1-2H3. The Morgan fingerprint density at radius 3 is 1.10 bits per heavy atom. The van der Waals surface area contributed by atoms with E-state index in [0.717, 1.165) is 65.4 Å². The minimum atomic E-state index is -3.78. The first-order chi connectivity index (χ1) is 29.9. The normalized spacial score (nSPS) is 12.8. The number of nitrogens with two attached hydrogens (primary N) is 1. The van der Waals surface area contributed by atoms with Crippen LogP contribution in [0.15, 0.2) is 30.3 Å². The molecule has 3 unspecified atom stereocenters. The van der Waals surface area contributed by atoms with Crippen molar-refractivity contribution in [3.63, 3.8) is 0 Å². The van der Waals surface area contributed by atoms with E-state index in [0.29, 0.717) is 5.56 Å². The van der Waals surface area contributed by atoms with Crippen molar-refractivity contribution >= 4 is 101 Å². The molecule has 0 aliphatic carbocycles. The molecule has 0 saturated carbocycles. The average Bonchev–Trinajstić information content (AvgIpc) is 3.09. The second kappa shape index (κ2) is 31.3. The van der Waals surface area contributed by atoms with Crippen molar-refractivity contribution in [2.75, 3.05) is 83.4 Å². The lowest BCUT2D eigenvalue weighted by Crippen LogP contribution is -2.39. The monoisotopic (exact) mass is 1090 g/mol. The van der Waals surface area contributed by atoms with Gasteiger partial charge in [0.15, 0.2) is 74.1 Å². The highest BCUT2D eigenvalue weighted by molar-refractivity contribution is 8.08. The summed E-state index contributed by atoms with van der Waals surface area (Å²) in [6.07, 6.45) is 5.51. The van der Waals surface area contributed by atoms with Gasteiger partial charge in [-0.3, -0.25) is 33.6 Å². The van der Waals surface area contributed by atoms with Gasteiger partial charge in [0.25, 0.3) is 0 Å². The van der Waals surface area contributed by atoms with Gasteiger partial charge in [0.1, 0.15) is 38.3 Å². The van der Waals surface area contributed by atoms with Gasteiger partial charge in [0.05, 0.1) is 12.9 Å². The number of carbonyl (C=O) groups excluding carboxylic acids is 7. The summed E-state index contributed by atoms with van der Waals surface area (Å²) in [6, 6.07) is 8.71. The summed E-state index contributed by atoms with van der Waals surface area (Å²) < 4.78 is 157. The molecule has 0 aliphatic rings. The Hall–Kier alpha value is -4.79. The van der Waals surface area contributed by atoms with E-state index in [9.17, 15) is 84.1 Å². The van der Waals surface area contributed by atoms with E-state index in [-0.39, 0.29) is 19.0 Å². The minimum absolute atomic E-state index is 0.0475. The first-order valence-electron chi connectivity index (χ1n) is 18.1. The number of sulfone groups is 6. The molecule has 26 nitrogen and oxygen atoms in total. The van der Waals surface area contributed by atoms with Crippen LogP contribution in [-0.4, -0.2) is 191 Å². The van der Waals surface area contributed by atoms with Gasteiger partial charge in [-0.1, -0.05) is 30.3 Å². The highest BCUT2D eigenvalue weighted by atomic mass is 32.3. The Morgan fingerprint density at radius 2 is 0.821 bits per heavy atom. The molecule has 32 heteroatoms. The summed E-state index contributed by atoms with van der Waals surface area (Å²) in [4.78, 5) is 73.5. The number of amides is 1. The molecule has 67 heavy (non-hydrogen) atoms. The van der Waals surface area contributed by atoms with Crippen LogP contribution in [0.25, 0.3) is 0 Å². The molecule has 1 aromatic rings. The van der Waals surface area contributed by atoms with Gasteiger partial charge in [-0.05, 0) is 5.56 Å². The van der Waals surface area contributed by atoms with Gasteiger partial charge in [-0.15, -0.1) is 0 Å². The molecule has 3 atom stereocenters. The lowest BCUT2D eigenvalue weighted by atomic mass is 10.1. The third-order valence-corrected chi connectivity index (χ3v) is 16.3. The van der Waals surface area contributed by atoms with Gasteiger partial charge >= 0.3 is 35.8 Å². The molecule has 1 amide bonds. The molecular weight excluding hydrogens is 1030 g/mol. The zero-order chi connectivity index (χ0) is 53.9. The number of rotatable bonds is 19. The maximum atomic E-state index is 11.6. The highest BCUT2D eigenvalue weighted by Gasteiger charge is 2.33. The van der Waals surface area contributed by atoms with Crippen molar-refractivity contribution in [3.8, 4) is 0 Å². The fraction of sp³-hybridized carbons (Fsp3) is 0.629. The first-order valence-corrected chi connectivity index (χ1v) is 30.0. The molecule has 0 radical (unpaired) electrons. The largest absolute Gasteiger partial charge is 0.468 e. The highest BCUT2D eigenvalue weighted by Crippen LogP contribution is 2.21. The third kappa shape index (κ3) is 39.0. The average molecular weight is 1090 g/mol. The minimum Gasteiger partial charge on any atom is -0.468 e. The summed E-state index contributed by atoms with van der Waals surface area (Å²) in [5.41, 5.74) is 5.43. The molecule has 2 N–H and O–H groups in total. The maximum absolute atomic E-state index is 11.6. The number of hydrogen-bond donors (Lipinski definition) is 1. The fourth-order valence-corrected chi connectivity index (χ4v) is 9.74. The summed E-state index contributed by atoms with van der Waals surface area (Å²) in [5.74, 6) is -5.03. The number of esters is 6. The number of carbonyl (C=O) groups is 7. The topological polar surface area (TPSA) is 406 Å². The molecular formula is C35H59NO25S6. The number of ether oxygens (including phenoxy) is 6. The van der Waals surface area contributed by atoms with Crippen molar-refractivity contribution in [2.24, 2.45) is 5.73 Å². The maximum Gasteiger partial charge on any atom is 0.327 e. The van der Waals surface area contributed by atoms with E-state index in [1.165, 1.54) is 13.8 Å². The first kappa shape index (κ1) is 68.8. The van der Waals surface area contributed by atoms with Crippen LogP contribution in [-0.2, 0) is 121 Å². The molecule has 0 aliphatic heterocycles. The van der Waals surface area contributed by atoms with Crippen LogP contribution >= 0.6 is 0 Å². The lowest BCUT2D eigenvalue weighted by Gasteiger charge is -2.14. The fourth-order valence-electron chi connectivity index (χ4n) is 3.72. The Kier molecular flexibility index (Phi) is 32.1. The summed E-state index contributed by atoms with van der Waals surface area (Å²) >= 11 is 0. The number of benzene rings is 1. The van der Waals surface area contributed by atoms with Crippen molar-refractivity contribution in [1.29, 1.82) is 0 Å². The number of primary amides is 1. The predicted molar refractivity (Wildman–Crippen MR) is 239 cm³/mol. The van der Waals surface area contributed by atoms with Gasteiger partial charge < -0.3 is 34.2 Å². The SMILES string of the molecule is CC(=O)OCC(C(N)=O)S(C)(=O)=O.CC(=O)OCC(S(C)(=O)=O)S(C)(=O)=O.CC(=O)OCC(c1ccccc1)S(C)(=O)=O.CC(=O)OCCS(C)(=O)=O.COC(=O)C(COC(C)=O)S(C)(=O)=O. The molecule has 1 rings (SSSR count). The lowest BCUT2D eigenvalue weighted by molar-refractivity contribution is -0.146. The van der Waals surface area contributed by atoms with Crippen LogP contribution < -0.4 is 5.73 Å². The molecule has 390 valence electrons. The van der Waals surface area contributed by atoms with Crippen LogP contribution in [0.2, 0.25) is 0 Å². The third-order valence-electron chi connectivity index (χ3n) is 6.95. The van der Waals surface area contributed by atoms with Crippen molar-refractivity contribution in [3.05, 3.63) is 35.9 Å². The van der Waals surface area contributed by atoms with Crippen molar-refractivity contribution < 1.29 is 112 Å². The zero-order valence-electron chi connectivity index (χ0n) is 38.7. The Bertz CT molecular complexity index is 2450. The Morgan fingerprint density at radius 1 is 0.478 bits per heavy atom. The second-order valence-electron chi connectivity index (χ2n) is 13.6. The molecule has 1 aromatic carbocycles. The quantitative estimate of drug-likeness (QED) is 0.110. The van der Waals surface area contributed by atoms with Crippen LogP contribution in [0.3, 0.4) is 0 Å².